The van der Waals surface area contributed by atoms with Crippen molar-refractivity contribution in [3.63, 3.8) is 0 Å². The molecule has 0 bridgehead atoms. The van der Waals surface area contributed by atoms with Gasteiger partial charge in [-0.3, -0.25) is 0 Å². The van der Waals surface area contributed by atoms with Crippen LogP contribution in [0.2, 0.25) is 0 Å². The normalized spacial score (nSPS) is 10.5. The SMILES string of the molecule is COc1ncccc1CSc1sc(N)nc1C. The maximum atomic E-state index is 5.66. The highest BCUT2D eigenvalue weighted by molar-refractivity contribution is 8.00. The van der Waals surface area contributed by atoms with E-state index >= 15 is 0 Å². The molecule has 0 unspecified atom stereocenters. The standard InChI is InChI=1S/C11H13N3OS2/c1-7-10(17-11(12)14-7)16-6-8-4-3-5-13-9(8)15-2/h3-5H,6H2,1-2H3,(H2,12,14). The van der Waals surface area contributed by atoms with Crippen molar-refractivity contribution in [1.82, 2.24) is 9.97 Å². The van der Waals surface area contributed by atoms with Crippen LogP contribution in [0.5, 0.6) is 5.88 Å². The van der Waals surface area contributed by atoms with E-state index in [0.717, 1.165) is 21.2 Å². The Balaban J connectivity index is 2.09. The van der Waals surface area contributed by atoms with Crippen LogP contribution >= 0.6 is 23.1 Å². The molecule has 0 aliphatic heterocycles. The molecule has 90 valence electrons. The lowest BCUT2D eigenvalue weighted by Gasteiger charge is -2.05. The van der Waals surface area contributed by atoms with E-state index in [1.165, 1.54) is 11.3 Å². The largest absolute Gasteiger partial charge is 0.481 e. The van der Waals surface area contributed by atoms with E-state index in [9.17, 15) is 0 Å². The van der Waals surface area contributed by atoms with Crippen molar-refractivity contribution >= 4 is 28.2 Å². The first kappa shape index (κ1) is 12.2. The van der Waals surface area contributed by atoms with Crippen molar-refractivity contribution in [2.24, 2.45) is 0 Å². The summed E-state index contributed by atoms with van der Waals surface area (Å²) in [7, 11) is 1.63. The highest BCUT2D eigenvalue weighted by Crippen LogP contribution is 2.34. The van der Waals surface area contributed by atoms with E-state index in [0.29, 0.717) is 11.0 Å². The molecule has 0 saturated heterocycles. The summed E-state index contributed by atoms with van der Waals surface area (Å²) in [6.07, 6.45) is 1.73. The number of nitrogens with zero attached hydrogens (tertiary/aromatic N) is 2. The third-order valence-corrected chi connectivity index (χ3v) is 4.57. The van der Waals surface area contributed by atoms with Crippen molar-refractivity contribution in [3.8, 4) is 5.88 Å². The molecule has 0 atom stereocenters. The van der Waals surface area contributed by atoms with Crippen molar-refractivity contribution < 1.29 is 4.74 Å². The quantitative estimate of drug-likeness (QED) is 0.863. The highest BCUT2D eigenvalue weighted by Gasteiger charge is 2.08. The van der Waals surface area contributed by atoms with Gasteiger partial charge in [0.2, 0.25) is 5.88 Å². The van der Waals surface area contributed by atoms with Crippen LogP contribution in [0.3, 0.4) is 0 Å². The Kier molecular flexibility index (Phi) is 3.86. The smallest absolute Gasteiger partial charge is 0.217 e. The lowest BCUT2D eigenvalue weighted by molar-refractivity contribution is 0.394. The van der Waals surface area contributed by atoms with Crippen molar-refractivity contribution in [2.75, 3.05) is 12.8 Å². The van der Waals surface area contributed by atoms with Crippen LogP contribution in [0.15, 0.2) is 22.5 Å². The van der Waals surface area contributed by atoms with Crippen molar-refractivity contribution in [2.45, 2.75) is 16.9 Å². The molecule has 2 heterocycles. The molecule has 2 aromatic heterocycles. The predicted molar refractivity (Wildman–Crippen MR) is 71.6 cm³/mol. The van der Waals surface area contributed by atoms with Gasteiger partial charge in [0.1, 0.15) is 0 Å². The molecule has 0 spiro atoms. The summed E-state index contributed by atoms with van der Waals surface area (Å²) in [5.41, 5.74) is 7.72. The number of rotatable bonds is 4. The third-order valence-electron chi connectivity index (χ3n) is 2.17. The molecule has 6 heteroatoms. The number of thiazole rings is 1. The number of thioether (sulfide) groups is 1. The van der Waals surface area contributed by atoms with Crippen LogP contribution in [0.4, 0.5) is 5.13 Å². The summed E-state index contributed by atoms with van der Waals surface area (Å²) in [5, 5.41) is 0.614. The predicted octanol–water partition coefficient (Wildman–Crippen LogP) is 2.73. The fourth-order valence-corrected chi connectivity index (χ4v) is 3.39. The fraction of sp³-hybridized carbons (Fsp3) is 0.273. The minimum atomic E-state index is 0.614. The van der Waals surface area contributed by atoms with Gasteiger partial charge in [-0.25, -0.2) is 9.97 Å². The molecular weight excluding hydrogens is 254 g/mol. The lowest BCUT2D eigenvalue weighted by Crippen LogP contribution is -1.92. The Labute approximate surface area is 108 Å². The Morgan fingerprint density at radius 2 is 2.35 bits per heavy atom. The minimum absolute atomic E-state index is 0.614. The molecule has 0 aromatic carbocycles. The first-order valence-corrected chi connectivity index (χ1v) is 6.84. The molecule has 4 nitrogen and oxygen atoms in total. The van der Waals surface area contributed by atoms with Crippen LogP contribution in [0.25, 0.3) is 0 Å². The maximum absolute atomic E-state index is 5.66. The maximum Gasteiger partial charge on any atom is 0.217 e. The van der Waals surface area contributed by atoms with Crippen LogP contribution < -0.4 is 10.5 Å². The Morgan fingerprint density at radius 3 is 3.00 bits per heavy atom. The summed E-state index contributed by atoms with van der Waals surface area (Å²) in [4.78, 5) is 8.36. The van der Waals surface area contributed by atoms with Gasteiger partial charge in [-0.15, -0.1) is 11.8 Å². The molecule has 0 aliphatic carbocycles. The first-order chi connectivity index (χ1) is 8.20. The second-order valence-corrected chi connectivity index (χ2v) is 5.66. The molecule has 2 N–H and O–H groups in total. The average molecular weight is 267 g/mol. The third kappa shape index (κ3) is 2.89. The molecular formula is C11H13N3OS2. The first-order valence-electron chi connectivity index (χ1n) is 5.04. The summed E-state index contributed by atoms with van der Waals surface area (Å²) >= 11 is 3.22. The molecule has 0 saturated carbocycles. The lowest BCUT2D eigenvalue weighted by atomic mass is 10.3. The number of hydrogen-bond acceptors (Lipinski definition) is 6. The Hall–Kier alpha value is -1.27. The van der Waals surface area contributed by atoms with E-state index in [1.54, 1.807) is 25.1 Å². The molecule has 2 aromatic rings. The van der Waals surface area contributed by atoms with Crippen LogP contribution in [0, 0.1) is 6.92 Å². The van der Waals surface area contributed by atoms with Gasteiger partial charge >= 0.3 is 0 Å². The van der Waals surface area contributed by atoms with E-state index in [2.05, 4.69) is 9.97 Å². The van der Waals surface area contributed by atoms with Crippen molar-refractivity contribution in [1.29, 1.82) is 0 Å². The van der Waals surface area contributed by atoms with Gasteiger partial charge in [0, 0.05) is 17.5 Å². The van der Waals surface area contributed by atoms with Gasteiger partial charge in [0.05, 0.1) is 17.0 Å². The van der Waals surface area contributed by atoms with Crippen LogP contribution in [-0.2, 0) is 5.75 Å². The second kappa shape index (κ2) is 5.37. The van der Waals surface area contributed by atoms with E-state index in [1.807, 2.05) is 19.1 Å². The number of anilines is 1. The number of pyridine rings is 1. The zero-order valence-corrected chi connectivity index (χ0v) is 11.3. The molecule has 0 amide bonds. The molecule has 0 radical (unpaired) electrons. The van der Waals surface area contributed by atoms with E-state index in [4.69, 9.17) is 10.5 Å². The Morgan fingerprint density at radius 1 is 1.53 bits per heavy atom. The number of aryl methyl sites for hydroxylation is 1. The number of methoxy groups -OCH3 is 1. The molecule has 0 fully saturated rings. The van der Waals surface area contributed by atoms with Gasteiger partial charge in [-0.1, -0.05) is 17.4 Å². The second-order valence-electron chi connectivity index (χ2n) is 3.39. The van der Waals surface area contributed by atoms with Gasteiger partial charge in [0.25, 0.3) is 0 Å². The van der Waals surface area contributed by atoms with Gasteiger partial charge in [-0.05, 0) is 13.0 Å². The topological polar surface area (TPSA) is 61.0 Å². The summed E-state index contributed by atoms with van der Waals surface area (Å²) in [5.74, 6) is 1.48. The number of aromatic nitrogens is 2. The van der Waals surface area contributed by atoms with Crippen LogP contribution in [0.1, 0.15) is 11.3 Å². The Bertz CT molecular complexity index is 513. The average Bonchev–Trinajstić information content (AvgIpc) is 2.65. The summed E-state index contributed by atoms with van der Waals surface area (Å²) in [6.45, 7) is 1.97. The van der Waals surface area contributed by atoms with E-state index < -0.39 is 0 Å². The molecule has 0 aliphatic rings. The van der Waals surface area contributed by atoms with Crippen molar-refractivity contribution in [3.05, 3.63) is 29.6 Å². The summed E-state index contributed by atoms with van der Waals surface area (Å²) < 4.78 is 6.35. The highest BCUT2D eigenvalue weighted by atomic mass is 32.2. The number of hydrogen-bond donors (Lipinski definition) is 1. The van der Waals surface area contributed by atoms with Gasteiger partial charge < -0.3 is 10.5 Å². The summed E-state index contributed by atoms with van der Waals surface area (Å²) in [6, 6.07) is 3.92. The molecule has 2 rings (SSSR count). The minimum Gasteiger partial charge on any atom is -0.481 e. The zero-order chi connectivity index (χ0) is 12.3. The monoisotopic (exact) mass is 267 g/mol. The van der Waals surface area contributed by atoms with Gasteiger partial charge in [-0.2, -0.15) is 0 Å². The van der Waals surface area contributed by atoms with Gasteiger partial charge in [0.15, 0.2) is 5.13 Å². The van der Waals surface area contributed by atoms with Crippen LogP contribution in [-0.4, -0.2) is 17.1 Å². The zero-order valence-electron chi connectivity index (χ0n) is 9.64. The number of ether oxygens (including phenoxy) is 1. The van der Waals surface area contributed by atoms with E-state index in [-0.39, 0.29) is 0 Å². The number of nitrogens with two attached hydrogens (primary N) is 1. The fourth-order valence-electron chi connectivity index (χ4n) is 1.40. The molecule has 17 heavy (non-hydrogen) atoms. The number of nitrogen functional groups attached to an aromatic ring is 1.